The summed E-state index contributed by atoms with van der Waals surface area (Å²) in [6.07, 6.45) is 0. The van der Waals surface area contributed by atoms with Crippen molar-refractivity contribution >= 4 is 27.5 Å². The number of carbonyl (C=O) groups excluding carboxylic acids is 1. The highest BCUT2D eigenvalue weighted by atomic mass is 79.9. The minimum absolute atomic E-state index is 0.0359. The Hall–Kier alpha value is -1.81. The molecule has 0 aromatic heterocycles. The molecule has 2 aromatic carbocycles. The van der Waals surface area contributed by atoms with Gasteiger partial charge >= 0.3 is 0 Å². The van der Waals surface area contributed by atoms with Crippen LogP contribution in [0.3, 0.4) is 0 Å². The Morgan fingerprint density at radius 2 is 1.61 bits per heavy atom. The van der Waals surface area contributed by atoms with Crippen LogP contribution in [0.15, 0.2) is 59.1 Å². The molecule has 2 aromatic rings. The van der Waals surface area contributed by atoms with Gasteiger partial charge in [-0.05, 0) is 36.4 Å². The van der Waals surface area contributed by atoms with Crippen molar-refractivity contribution in [2.75, 3.05) is 5.32 Å². The summed E-state index contributed by atoms with van der Waals surface area (Å²) in [6.45, 7) is 1.49. The minimum atomic E-state index is -0.0359. The number of phenols is 1. The topological polar surface area (TPSA) is 49.3 Å². The Labute approximate surface area is 115 Å². The molecule has 0 heterocycles. The maximum Gasteiger partial charge on any atom is 0.221 e. The number of hydrogen-bond donors (Lipinski definition) is 2. The molecular weight excluding hydrogens is 294 g/mol. The average Bonchev–Trinajstić information content (AvgIpc) is 2.34. The van der Waals surface area contributed by atoms with Crippen LogP contribution in [0.2, 0.25) is 0 Å². The number of aromatic hydroxyl groups is 1. The molecule has 3 nitrogen and oxygen atoms in total. The monoisotopic (exact) mass is 307 g/mol. The van der Waals surface area contributed by atoms with Crippen LogP contribution in [0.25, 0.3) is 0 Å². The molecule has 0 spiro atoms. The molecule has 0 bridgehead atoms. The van der Waals surface area contributed by atoms with Crippen LogP contribution in [0, 0.1) is 0 Å². The van der Waals surface area contributed by atoms with Crippen molar-refractivity contribution in [2.45, 2.75) is 6.92 Å². The van der Waals surface area contributed by atoms with E-state index >= 15 is 0 Å². The maximum atomic E-state index is 10.5. The molecular formula is C14H14BrNO2. The molecule has 2 N–H and O–H groups in total. The second-order valence-electron chi connectivity index (χ2n) is 3.52. The molecule has 0 aliphatic rings. The third-order valence-corrected chi connectivity index (χ3v) is 2.45. The summed E-state index contributed by atoms with van der Waals surface area (Å²) in [5.41, 5.74) is 0.843. The predicted octanol–water partition coefficient (Wildman–Crippen LogP) is 3.80. The van der Waals surface area contributed by atoms with Crippen LogP contribution < -0.4 is 5.32 Å². The van der Waals surface area contributed by atoms with Crippen LogP contribution >= 0.6 is 15.9 Å². The molecule has 0 radical (unpaired) electrons. The van der Waals surface area contributed by atoms with Gasteiger partial charge in [0.1, 0.15) is 5.75 Å². The first-order chi connectivity index (χ1) is 8.58. The summed E-state index contributed by atoms with van der Waals surface area (Å²) in [7, 11) is 0. The summed E-state index contributed by atoms with van der Waals surface area (Å²) in [4.78, 5) is 10.5. The number of hydrogen-bond acceptors (Lipinski definition) is 2. The van der Waals surface area contributed by atoms with Crippen LogP contribution in [-0.4, -0.2) is 11.0 Å². The zero-order valence-electron chi connectivity index (χ0n) is 9.93. The number of nitrogens with one attached hydrogen (secondary N) is 1. The Morgan fingerprint density at radius 3 is 2.06 bits per heavy atom. The van der Waals surface area contributed by atoms with Crippen LogP contribution in [-0.2, 0) is 4.79 Å². The Kier molecular flexibility index (Phi) is 5.94. The molecule has 0 unspecified atom stereocenters. The molecule has 2 rings (SSSR count). The molecule has 1 amide bonds. The smallest absolute Gasteiger partial charge is 0.221 e. The predicted molar refractivity (Wildman–Crippen MR) is 76.6 cm³/mol. The number of rotatable bonds is 1. The summed E-state index contributed by atoms with van der Waals surface area (Å²) in [6, 6.07) is 16.2. The van der Waals surface area contributed by atoms with E-state index in [9.17, 15) is 4.79 Å². The van der Waals surface area contributed by atoms with Crippen molar-refractivity contribution in [2.24, 2.45) is 0 Å². The molecule has 0 aliphatic heterocycles. The lowest BCUT2D eigenvalue weighted by Gasteiger charge is -1.98. The van der Waals surface area contributed by atoms with Crippen molar-refractivity contribution in [3.8, 4) is 5.75 Å². The van der Waals surface area contributed by atoms with Crippen LogP contribution in [0.1, 0.15) is 6.92 Å². The molecule has 0 saturated carbocycles. The lowest BCUT2D eigenvalue weighted by Crippen LogP contribution is -2.04. The van der Waals surface area contributed by atoms with Crippen molar-refractivity contribution in [1.29, 1.82) is 0 Å². The SMILES string of the molecule is CC(=O)Nc1ccccc1.Oc1ccc(Br)cc1. The van der Waals surface area contributed by atoms with Gasteiger partial charge in [-0.25, -0.2) is 0 Å². The van der Waals surface area contributed by atoms with E-state index in [1.807, 2.05) is 30.3 Å². The van der Waals surface area contributed by atoms with Gasteiger partial charge in [-0.2, -0.15) is 0 Å². The average molecular weight is 308 g/mol. The largest absolute Gasteiger partial charge is 0.508 e. The zero-order chi connectivity index (χ0) is 13.4. The van der Waals surface area contributed by atoms with E-state index in [2.05, 4.69) is 21.2 Å². The number of carbonyl (C=O) groups is 1. The molecule has 0 saturated heterocycles. The number of benzene rings is 2. The summed E-state index contributed by atoms with van der Waals surface area (Å²) >= 11 is 3.23. The van der Waals surface area contributed by atoms with Gasteiger partial charge in [0, 0.05) is 17.1 Å². The molecule has 0 atom stereocenters. The molecule has 94 valence electrons. The Morgan fingerprint density at radius 1 is 1.06 bits per heavy atom. The fourth-order valence-electron chi connectivity index (χ4n) is 1.17. The van der Waals surface area contributed by atoms with Gasteiger partial charge in [-0.3, -0.25) is 4.79 Å². The first-order valence-electron chi connectivity index (χ1n) is 5.35. The van der Waals surface area contributed by atoms with Gasteiger partial charge in [0.2, 0.25) is 5.91 Å². The van der Waals surface area contributed by atoms with Gasteiger partial charge in [0.25, 0.3) is 0 Å². The van der Waals surface area contributed by atoms with Gasteiger partial charge in [-0.15, -0.1) is 0 Å². The molecule has 4 heteroatoms. The number of halogens is 1. The van der Waals surface area contributed by atoms with E-state index < -0.39 is 0 Å². The van der Waals surface area contributed by atoms with Gasteiger partial charge < -0.3 is 10.4 Å². The Balaban J connectivity index is 0.000000184. The van der Waals surface area contributed by atoms with E-state index in [-0.39, 0.29) is 5.91 Å². The van der Waals surface area contributed by atoms with E-state index in [0.717, 1.165) is 10.2 Å². The molecule has 18 heavy (non-hydrogen) atoms. The standard InChI is InChI=1S/C8H9NO.C6H5BrO/c1-7(10)9-8-5-3-2-4-6-8;7-5-1-3-6(8)4-2-5/h2-6H,1H3,(H,9,10);1-4,8H. The maximum absolute atomic E-state index is 10.5. The van der Waals surface area contributed by atoms with E-state index in [1.165, 1.54) is 6.92 Å². The summed E-state index contributed by atoms with van der Waals surface area (Å²) in [5.74, 6) is 0.263. The highest BCUT2D eigenvalue weighted by Gasteiger charge is 1.90. The van der Waals surface area contributed by atoms with Crippen LogP contribution in [0.5, 0.6) is 5.75 Å². The lowest BCUT2D eigenvalue weighted by atomic mass is 10.3. The van der Waals surface area contributed by atoms with E-state index in [4.69, 9.17) is 5.11 Å². The Bertz CT molecular complexity index is 462. The van der Waals surface area contributed by atoms with Gasteiger partial charge in [0.15, 0.2) is 0 Å². The zero-order valence-corrected chi connectivity index (χ0v) is 11.5. The highest BCUT2D eigenvalue weighted by molar-refractivity contribution is 9.10. The van der Waals surface area contributed by atoms with Crippen molar-refractivity contribution in [1.82, 2.24) is 0 Å². The summed E-state index contributed by atoms with van der Waals surface area (Å²) < 4.78 is 0.982. The fourth-order valence-corrected chi connectivity index (χ4v) is 1.43. The second kappa shape index (κ2) is 7.50. The van der Waals surface area contributed by atoms with Gasteiger partial charge in [-0.1, -0.05) is 34.1 Å². The quantitative estimate of drug-likeness (QED) is 0.842. The molecule has 0 fully saturated rings. The van der Waals surface area contributed by atoms with Crippen LogP contribution in [0.4, 0.5) is 5.69 Å². The minimum Gasteiger partial charge on any atom is -0.508 e. The first-order valence-corrected chi connectivity index (χ1v) is 6.14. The normalized spacial score (nSPS) is 9.00. The highest BCUT2D eigenvalue weighted by Crippen LogP contribution is 2.13. The molecule has 0 aliphatic carbocycles. The van der Waals surface area contributed by atoms with Gasteiger partial charge in [0.05, 0.1) is 0 Å². The summed E-state index contributed by atoms with van der Waals surface area (Å²) in [5, 5.41) is 11.4. The second-order valence-corrected chi connectivity index (χ2v) is 4.44. The number of phenolic OH excluding ortho intramolecular Hbond substituents is 1. The van der Waals surface area contributed by atoms with Crippen molar-refractivity contribution in [3.05, 3.63) is 59.1 Å². The van der Waals surface area contributed by atoms with E-state index in [1.54, 1.807) is 24.3 Å². The first kappa shape index (κ1) is 14.3. The lowest BCUT2D eigenvalue weighted by molar-refractivity contribution is -0.114. The number of para-hydroxylation sites is 1. The third kappa shape index (κ3) is 6.06. The third-order valence-electron chi connectivity index (χ3n) is 1.92. The fraction of sp³-hybridized carbons (Fsp3) is 0.0714. The number of anilines is 1. The number of amides is 1. The van der Waals surface area contributed by atoms with Crippen molar-refractivity contribution < 1.29 is 9.90 Å². The van der Waals surface area contributed by atoms with E-state index in [0.29, 0.717) is 5.75 Å². The van der Waals surface area contributed by atoms with Crippen molar-refractivity contribution in [3.63, 3.8) is 0 Å².